The zero-order valence-corrected chi connectivity index (χ0v) is 15.2. The summed E-state index contributed by atoms with van der Waals surface area (Å²) in [4.78, 5) is 28.7. The molecule has 0 spiro atoms. The van der Waals surface area contributed by atoms with Gasteiger partial charge < -0.3 is 14.5 Å². The van der Waals surface area contributed by atoms with E-state index in [-0.39, 0.29) is 17.9 Å². The van der Waals surface area contributed by atoms with Crippen LogP contribution in [0.5, 0.6) is 5.75 Å². The van der Waals surface area contributed by atoms with Gasteiger partial charge in [-0.25, -0.2) is 0 Å². The van der Waals surface area contributed by atoms with Gasteiger partial charge in [0.1, 0.15) is 5.75 Å². The van der Waals surface area contributed by atoms with E-state index >= 15 is 0 Å². The van der Waals surface area contributed by atoms with Crippen LogP contribution in [0.25, 0.3) is 0 Å². The molecule has 0 radical (unpaired) electrons. The molecule has 2 heterocycles. The summed E-state index contributed by atoms with van der Waals surface area (Å²) >= 11 is 0. The van der Waals surface area contributed by atoms with Crippen LogP contribution in [-0.2, 0) is 4.79 Å². The highest BCUT2D eigenvalue weighted by Crippen LogP contribution is 2.17. The third-order valence-corrected chi connectivity index (χ3v) is 4.68. The number of ether oxygens (including phenoxy) is 1. The number of piperazine rings is 1. The summed E-state index contributed by atoms with van der Waals surface area (Å²) in [6.07, 6.45) is 3.98. The summed E-state index contributed by atoms with van der Waals surface area (Å²) < 4.78 is 6.97. The molecule has 0 saturated carbocycles. The number of carbonyl (C=O) groups is 2. The minimum absolute atomic E-state index is 0.0222. The van der Waals surface area contributed by atoms with Gasteiger partial charge in [0.25, 0.3) is 5.91 Å². The van der Waals surface area contributed by atoms with E-state index in [1.54, 1.807) is 35.0 Å². The second-order valence-corrected chi connectivity index (χ2v) is 6.44. The highest BCUT2D eigenvalue weighted by atomic mass is 16.5. The van der Waals surface area contributed by atoms with E-state index in [1.165, 1.54) is 0 Å². The fourth-order valence-corrected chi connectivity index (χ4v) is 3.11. The van der Waals surface area contributed by atoms with E-state index < -0.39 is 0 Å². The van der Waals surface area contributed by atoms with Gasteiger partial charge in [0.05, 0.1) is 13.2 Å². The first kappa shape index (κ1) is 18.0. The van der Waals surface area contributed by atoms with E-state index in [0.717, 1.165) is 0 Å². The van der Waals surface area contributed by atoms with Crippen LogP contribution >= 0.6 is 0 Å². The quantitative estimate of drug-likeness (QED) is 0.820. The normalized spacial score (nSPS) is 15.6. The van der Waals surface area contributed by atoms with Crippen LogP contribution in [0.15, 0.2) is 42.7 Å². The number of rotatable bonds is 5. The van der Waals surface area contributed by atoms with Crippen molar-refractivity contribution in [3.05, 3.63) is 48.3 Å². The Morgan fingerprint density at radius 2 is 1.88 bits per heavy atom. The van der Waals surface area contributed by atoms with E-state index in [0.29, 0.717) is 43.9 Å². The van der Waals surface area contributed by atoms with Gasteiger partial charge in [-0.1, -0.05) is 6.07 Å². The Labute approximate surface area is 153 Å². The van der Waals surface area contributed by atoms with Crippen molar-refractivity contribution >= 4 is 11.8 Å². The molecule has 0 unspecified atom stereocenters. The van der Waals surface area contributed by atoms with Crippen LogP contribution in [0, 0.1) is 0 Å². The summed E-state index contributed by atoms with van der Waals surface area (Å²) in [5, 5.41) is 4.18. The summed E-state index contributed by atoms with van der Waals surface area (Å²) in [6.45, 7) is 4.17. The Kier molecular flexibility index (Phi) is 5.55. The number of amides is 2. The lowest BCUT2D eigenvalue weighted by molar-refractivity contribution is -0.133. The highest BCUT2D eigenvalue weighted by molar-refractivity contribution is 5.94. The van der Waals surface area contributed by atoms with Gasteiger partial charge in [0.2, 0.25) is 5.91 Å². The molecular weight excluding hydrogens is 332 g/mol. The lowest BCUT2D eigenvalue weighted by atomic mass is 10.1. The molecule has 0 N–H and O–H groups in total. The fraction of sp³-hybridized carbons (Fsp3) is 0.421. The first-order valence-electron chi connectivity index (χ1n) is 8.78. The van der Waals surface area contributed by atoms with Gasteiger partial charge in [-0.3, -0.25) is 14.3 Å². The Balaban J connectivity index is 1.53. The molecule has 138 valence electrons. The van der Waals surface area contributed by atoms with Crippen molar-refractivity contribution in [2.45, 2.75) is 19.4 Å². The number of aromatic nitrogens is 2. The molecule has 2 amide bonds. The predicted octanol–water partition coefficient (Wildman–Crippen LogP) is 1.83. The molecule has 1 aromatic heterocycles. The number of benzene rings is 1. The zero-order chi connectivity index (χ0) is 18.5. The average Bonchev–Trinajstić information content (AvgIpc) is 3.22. The number of nitrogens with zero attached hydrogens (tertiary/aromatic N) is 4. The molecule has 0 bridgehead atoms. The number of hydrogen-bond donors (Lipinski definition) is 0. The van der Waals surface area contributed by atoms with Crippen LogP contribution in [0.4, 0.5) is 0 Å². The molecule has 7 heteroatoms. The van der Waals surface area contributed by atoms with Gasteiger partial charge >= 0.3 is 0 Å². The minimum Gasteiger partial charge on any atom is -0.497 e. The topological polar surface area (TPSA) is 67.7 Å². The maximum atomic E-state index is 12.6. The lowest BCUT2D eigenvalue weighted by Gasteiger charge is -2.35. The molecule has 3 rings (SSSR count). The molecule has 1 saturated heterocycles. The van der Waals surface area contributed by atoms with E-state index in [9.17, 15) is 9.59 Å². The Morgan fingerprint density at radius 1 is 1.15 bits per heavy atom. The monoisotopic (exact) mass is 356 g/mol. The molecule has 1 aromatic carbocycles. The van der Waals surface area contributed by atoms with Crippen molar-refractivity contribution < 1.29 is 14.3 Å². The van der Waals surface area contributed by atoms with Crippen molar-refractivity contribution in [3.8, 4) is 5.75 Å². The summed E-state index contributed by atoms with van der Waals surface area (Å²) in [6, 6.07) is 9.02. The van der Waals surface area contributed by atoms with Crippen LogP contribution < -0.4 is 4.74 Å². The number of methoxy groups -OCH3 is 1. The van der Waals surface area contributed by atoms with Crippen LogP contribution in [0.2, 0.25) is 0 Å². The van der Waals surface area contributed by atoms with Gasteiger partial charge in [0.15, 0.2) is 0 Å². The third kappa shape index (κ3) is 4.04. The molecule has 1 aliphatic rings. The van der Waals surface area contributed by atoms with Gasteiger partial charge in [-0.2, -0.15) is 5.10 Å². The Morgan fingerprint density at radius 3 is 2.54 bits per heavy atom. The van der Waals surface area contributed by atoms with Gasteiger partial charge in [-0.05, 0) is 31.2 Å². The average molecular weight is 356 g/mol. The van der Waals surface area contributed by atoms with E-state index in [1.807, 2.05) is 36.2 Å². The van der Waals surface area contributed by atoms with Crippen molar-refractivity contribution in [2.24, 2.45) is 0 Å². The lowest BCUT2D eigenvalue weighted by Crippen LogP contribution is -2.50. The molecule has 7 nitrogen and oxygen atoms in total. The summed E-state index contributed by atoms with van der Waals surface area (Å²) in [5.41, 5.74) is 0.608. The van der Waals surface area contributed by atoms with Gasteiger partial charge in [0, 0.05) is 50.6 Å². The highest BCUT2D eigenvalue weighted by Gasteiger charge is 2.26. The molecular formula is C19H24N4O3. The third-order valence-electron chi connectivity index (χ3n) is 4.68. The van der Waals surface area contributed by atoms with Gasteiger partial charge in [-0.15, -0.1) is 0 Å². The molecule has 1 aliphatic heterocycles. The largest absolute Gasteiger partial charge is 0.497 e. The molecule has 2 aromatic rings. The van der Waals surface area contributed by atoms with Crippen molar-refractivity contribution in [1.82, 2.24) is 19.6 Å². The van der Waals surface area contributed by atoms with Crippen LogP contribution in [-0.4, -0.2) is 64.7 Å². The zero-order valence-electron chi connectivity index (χ0n) is 15.2. The molecule has 26 heavy (non-hydrogen) atoms. The number of hydrogen-bond acceptors (Lipinski definition) is 4. The second-order valence-electron chi connectivity index (χ2n) is 6.44. The number of carbonyl (C=O) groups excluding carboxylic acids is 2. The molecule has 1 fully saturated rings. The summed E-state index contributed by atoms with van der Waals surface area (Å²) in [7, 11) is 1.58. The minimum atomic E-state index is -0.0269. The van der Waals surface area contributed by atoms with Crippen LogP contribution in [0.1, 0.15) is 29.7 Å². The molecule has 0 aliphatic carbocycles. The second kappa shape index (κ2) is 8.03. The Bertz CT molecular complexity index is 752. The van der Waals surface area contributed by atoms with Crippen LogP contribution in [0.3, 0.4) is 0 Å². The Hall–Kier alpha value is -2.83. The fourth-order valence-electron chi connectivity index (χ4n) is 3.11. The maximum Gasteiger partial charge on any atom is 0.254 e. The molecule has 1 atom stereocenters. The smallest absolute Gasteiger partial charge is 0.254 e. The maximum absolute atomic E-state index is 12.6. The first-order valence-corrected chi connectivity index (χ1v) is 8.78. The first-order chi connectivity index (χ1) is 12.6. The van der Waals surface area contributed by atoms with Crippen molar-refractivity contribution in [3.63, 3.8) is 0 Å². The summed E-state index contributed by atoms with van der Waals surface area (Å²) in [5.74, 6) is 0.736. The van der Waals surface area contributed by atoms with E-state index in [4.69, 9.17) is 4.74 Å². The SMILES string of the molecule is COc1cccc(C(=O)N2CCN(C(=O)C[C@@H](C)n3cccn3)CC2)c1. The van der Waals surface area contributed by atoms with Crippen molar-refractivity contribution in [2.75, 3.05) is 33.3 Å². The van der Waals surface area contributed by atoms with Crippen molar-refractivity contribution in [1.29, 1.82) is 0 Å². The standard InChI is InChI=1S/C19H24N4O3/c1-15(23-8-4-7-20-23)13-18(24)21-9-11-22(12-10-21)19(25)16-5-3-6-17(14-16)26-2/h3-8,14-15H,9-13H2,1-2H3/t15-/m1/s1. The van der Waals surface area contributed by atoms with E-state index in [2.05, 4.69) is 5.10 Å². The predicted molar refractivity (Wildman–Crippen MR) is 97.0 cm³/mol.